The Labute approximate surface area is 123 Å². The van der Waals surface area contributed by atoms with Crippen LogP contribution in [-0.4, -0.2) is 27.6 Å². The van der Waals surface area contributed by atoms with E-state index in [0.717, 1.165) is 11.3 Å². The zero-order valence-corrected chi connectivity index (χ0v) is 11.6. The summed E-state index contributed by atoms with van der Waals surface area (Å²) in [6.07, 6.45) is 3.06. The van der Waals surface area contributed by atoms with Crippen LogP contribution in [0.3, 0.4) is 0 Å². The van der Waals surface area contributed by atoms with Crippen molar-refractivity contribution in [1.82, 2.24) is 15.3 Å². The minimum atomic E-state index is -0.240. The highest BCUT2D eigenvalue weighted by Gasteiger charge is 2.10. The molecule has 0 spiro atoms. The van der Waals surface area contributed by atoms with Crippen LogP contribution in [0.5, 0.6) is 0 Å². The van der Waals surface area contributed by atoms with Crippen LogP contribution in [0.4, 0.5) is 0 Å². The summed E-state index contributed by atoms with van der Waals surface area (Å²) in [6.45, 7) is 1.99. The second kappa shape index (κ2) is 7.17. The number of nitrogens with one attached hydrogen (secondary N) is 1. The zero-order valence-electron chi connectivity index (χ0n) is 11.6. The highest BCUT2D eigenvalue weighted by molar-refractivity contribution is 5.96. The number of nitrogens with zero attached hydrogens (tertiary/aromatic N) is 2. The topological polar surface area (TPSA) is 75.1 Å². The molecule has 1 heterocycles. The molecule has 0 radical (unpaired) electrons. The number of hydrogen-bond acceptors (Lipinski definition) is 4. The van der Waals surface area contributed by atoms with Gasteiger partial charge in [-0.25, -0.2) is 9.97 Å². The first-order valence-electron chi connectivity index (χ1n) is 6.44. The van der Waals surface area contributed by atoms with Gasteiger partial charge in [0.2, 0.25) is 0 Å². The fraction of sp³-hybridized carbons (Fsp3) is 0.188. The Kier molecular flexibility index (Phi) is 5.02. The van der Waals surface area contributed by atoms with Crippen LogP contribution < -0.4 is 5.32 Å². The van der Waals surface area contributed by atoms with Gasteiger partial charge in [0.05, 0.1) is 17.8 Å². The smallest absolute Gasteiger partial charge is 0.252 e. The summed E-state index contributed by atoms with van der Waals surface area (Å²) < 4.78 is 0. The van der Waals surface area contributed by atoms with Crippen LogP contribution in [0.15, 0.2) is 36.8 Å². The molecule has 0 aliphatic rings. The quantitative estimate of drug-likeness (QED) is 0.825. The van der Waals surface area contributed by atoms with Crippen LogP contribution in [-0.2, 0) is 6.54 Å². The molecule has 0 fully saturated rings. The Morgan fingerprint density at radius 1 is 1.38 bits per heavy atom. The molecule has 1 aromatic carbocycles. The largest absolute Gasteiger partial charge is 0.384 e. The van der Waals surface area contributed by atoms with Crippen molar-refractivity contribution in [3.8, 4) is 11.8 Å². The maximum Gasteiger partial charge on any atom is 0.252 e. The first-order valence-corrected chi connectivity index (χ1v) is 6.44. The van der Waals surface area contributed by atoms with Gasteiger partial charge >= 0.3 is 0 Å². The summed E-state index contributed by atoms with van der Waals surface area (Å²) in [5.41, 5.74) is 2.78. The van der Waals surface area contributed by atoms with E-state index >= 15 is 0 Å². The molecule has 0 aliphatic heterocycles. The van der Waals surface area contributed by atoms with Gasteiger partial charge in [-0.05, 0) is 25.1 Å². The van der Waals surface area contributed by atoms with Crippen molar-refractivity contribution in [2.45, 2.75) is 13.5 Å². The van der Waals surface area contributed by atoms with Gasteiger partial charge < -0.3 is 10.4 Å². The van der Waals surface area contributed by atoms with Crippen LogP contribution in [0, 0.1) is 18.8 Å². The van der Waals surface area contributed by atoms with E-state index in [1.807, 2.05) is 13.0 Å². The van der Waals surface area contributed by atoms with Crippen molar-refractivity contribution >= 4 is 5.91 Å². The lowest BCUT2D eigenvalue weighted by Crippen LogP contribution is -2.24. The molecule has 21 heavy (non-hydrogen) atoms. The highest BCUT2D eigenvalue weighted by atomic mass is 16.2. The lowest BCUT2D eigenvalue weighted by molar-refractivity contribution is 0.0950. The molecule has 5 nitrogen and oxygen atoms in total. The number of amides is 1. The van der Waals surface area contributed by atoms with Gasteiger partial charge in [0.15, 0.2) is 0 Å². The first-order chi connectivity index (χ1) is 10.2. The maximum atomic E-state index is 12.3. The summed E-state index contributed by atoms with van der Waals surface area (Å²) in [6, 6.07) is 7.17. The van der Waals surface area contributed by atoms with Crippen molar-refractivity contribution in [3.05, 3.63) is 59.2 Å². The molecule has 5 heteroatoms. The number of aromatic nitrogens is 2. The van der Waals surface area contributed by atoms with Crippen LogP contribution in [0.2, 0.25) is 0 Å². The maximum absolute atomic E-state index is 12.3. The number of aliphatic hydroxyl groups is 1. The van der Waals surface area contributed by atoms with E-state index in [4.69, 9.17) is 5.11 Å². The summed E-state index contributed by atoms with van der Waals surface area (Å²) in [4.78, 5) is 20.1. The molecule has 0 bridgehead atoms. The van der Waals surface area contributed by atoms with Crippen molar-refractivity contribution in [2.75, 3.05) is 6.61 Å². The monoisotopic (exact) mass is 281 g/mol. The minimum Gasteiger partial charge on any atom is -0.384 e. The Morgan fingerprint density at radius 3 is 2.95 bits per heavy atom. The van der Waals surface area contributed by atoms with Crippen LogP contribution >= 0.6 is 0 Å². The Morgan fingerprint density at radius 2 is 2.24 bits per heavy atom. The van der Waals surface area contributed by atoms with E-state index in [1.165, 1.54) is 6.33 Å². The summed E-state index contributed by atoms with van der Waals surface area (Å²) in [7, 11) is 0. The third kappa shape index (κ3) is 4.13. The van der Waals surface area contributed by atoms with Crippen molar-refractivity contribution < 1.29 is 9.90 Å². The number of hydrogen-bond donors (Lipinski definition) is 2. The molecule has 0 saturated heterocycles. The average molecular weight is 281 g/mol. The molecule has 2 N–H and O–H groups in total. The fourth-order valence-electron chi connectivity index (χ4n) is 1.78. The first kappa shape index (κ1) is 14.7. The molecule has 2 rings (SSSR count). The van der Waals surface area contributed by atoms with Crippen LogP contribution in [0.25, 0.3) is 0 Å². The van der Waals surface area contributed by atoms with Crippen molar-refractivity contribution in [2.24, 2.45) is 0 Å². The summed E-state index contributed by atoms with van der Waals surface area (Å²) in [5, 5.41) is 11.6. The Hall–Kier alpha value is -2.71. The van der Waals surface area contributed by atoms with Gasteiger partial charge in [0.1, 0.15) is 12.9 Å². The zero-order chi connectivity index (χ0) is 15.1. The predicted octanol–water partition coefficient (Wildman–Crippen LogP) is 1.06. The fourth-order valence-corrected chi connectivity index (χ4v) is 1.78. The van der Waals surface area contributed by atoms with Gasteiger partial charge in [-0.3, -0.25) is 4.79 Å². The number of aliphatic hydroxyl groups excluding tert-OH is 1. The molecular formula is C16H15N3O2. The van der Waals surface area contributed by atoms with E-state index < -0.39 is 0 Å². The second-order valence-electron chi connectivity index (χ2n) is 4.39. The number of rotatable bonds is 3. The number of aryl methyl sites for hydroxylation is 1. The van der Waals surface area contributed by atoms with Crippen LogP contribution in [0.1, 0.15) is 27.2 Å². The predicted molar refractivity (Wildman–Crippen MR) is 78.3 cm³/mol. The van der Waals surface area contributed by atoms with Gasteiger partial charge in [-0.1, -0.05) is 23.5 Å². The van der Waals surface area contributed by atoms with E-state index in [1.54, 1.807) is 24.4 Å². The third-order valence-electron chi connectivity index (χ3n) is 2.80. The highest BCUT2D eigenvalue weighted by Crippen LogP contribution is 2.11. The lowest BCUT2D eigenvalue weighted by Gasteiger charge is -2.07. The average Bonchev–Trinajstić information content (AvgIpc) is 2.52. The van der Waals surface area contributed by atoms with Gasteiger partial charge in [0, 0.05) is 11.8 Å². The standard InChI is InChI=1S/C16H15N3O2/c1-12-4-5-13(3-2-8-20)15(9-12)16(21)18-10-14-6-7-17-11-19-14/h4-7,9,11,20H,8,10H2,1H3,(H,18,21). The molecule has 0 atom stereocenters. The summed E-state index contributed by atoms with van der Waals surface area (Å²) in [5.74, 6) is 5.12. The SMILES string of the molecule is Cc1ccc(C#CCO)c(C(=O)NCc2ccncn2)c1. The number of benzene rings is 1. The van der Waals surface area contributed by atoms with E-state index in [2.05, 4.69) is 27.1 Å². The van der Waals surface area contributed by atoms with E-state index in [-0.39, 0.29) is 12.5 Å². The number of carbonyl (C=O) groups is 1. The van der Waals surface area contributed by atoms with Gasteiger partial charge in [-0.15, -0.1) is 0 Å². The summed E-state index contributed by atoms with van der Waals surface area (Å²) >= 11 is 0. The molecule has 2 aromatic rings. The molecule has 1 aromatic heterocycles. The van der Waals surface area contributed by atoms with E-state index in [9.17, 15) is 4.79 Å². The van der Waals surface area contributed by atoms with Gasteiger partial charge in [0.25, 0.3) is 5.91 Å². The van der Waals surface area contributed by atoms with Gasteiger partial charge in [-0.2, -0.15) is 0 Å². The van der Waals surface area contributed by atoms with Crippen molar-refractivity contribution in [3.63, 3.8) is 0 Å². The second-order valence-corrected chi connectivity index (χ2v) is 4.39. The Balaban J connectivity index is 2.16. The normalized spacial score (nSPS) is 9.62. The van der Waals surface area contributed by atoms with Crippen molar-refractivity contribution in [1.29, 1.82) is 0 Å². The third-order valence-corrected chi connectivity index (χ3v) is 2.80. The lowest BCUT2D eigenvalue weighted by atomic mass is 10.0. The molecule has 0 aliphatic carbocycles. The molecule has 0 saturated carbocycles. The molecule has 1 amide bonds. The Bertz CT molecular complexity index is 688. The van der Waals surface area contributed by atoms with E-state index in [0.29, 0.717) is 17.7 Å². The molecule has 106 valence electrons. The minimum absolute atomic E-state index is 0.223. The number of carbonyl (C=O) groups excluding carboxylic acids is 1. The molecule has 0 unspecified atom stereocenters. The molecular weight excluding hydrogens is 266 g/mol.